The van der Waals surface area contributed by atoms with Crippen LogP contribution in [0.4, 0.5) is 10.1 Å². The minimum absolute atomic E-state index is 0.00672. The first-order chi connectivity index (χ1) is 15.7. The van der Waals surface area contributed by atoms with E-state index in [1.807, 2.05) is 19.1 Å². The van der Waals surface area contributed by atoms with Gasteiger partial charge in [0, 0.05) is 51.2 Å². The third-order valence-electron chi connectivity index (χ3n) is 9.47. The van der Waals surface area contributed by atoms with Crippen LogP contribution in [0.3, 0.4) is 0 Å². The van der Waals surface area contributed by atoms with Crippen LogP contribution in [-0.4, -0.2) is 73.1 Å². The third-order valence-corrected chi connectivity index (χ3v) is 9.47. The van der Waals surface area contributed by atoms with Crippen molar-refractivity contribution in [3.05, 3.63) is 30.1 Å². The van der Waals surface area contributed by atoms with E-state index in [1.54, 1.807) is 13.2 Å². The number of halogens is 1. The summed E-state index contributed by atoms with van der Waals surface area (Å²) < 4.78 is 26.0. The van der Waals surface area contributed by atoms with Crippen molar-refractivity contribution in [3.63, 3.8) is 0 Å². The van der Waals surface area contributed by atoms with Crippen molar-refractivity contribution in [2.24, 2.45) is 17.3 Å². The molecule has 2 aliphatic heterocycles. The Balaban J connectivity index is 1.29. The lowest BCUT2D eigenvalue weighted by Gasteiger charge is -2.62. The van der Waals surface area contributed by atoms with Crippen molar-refractivity contribution in [2.45, 2.75) is 63.3 Å². The number of nitrogens with zero attached hydrogens (tertiary/aromatic N) is 2. The maximum atomic E-state index is 14.2. The Labute approximate surface area is 196 Å². The molecule has 6 atom stereocenters. The van der Waals surface area contributed by atoms with Crippen molar-refractivity contribution in [1.82, 2.24) is 4.90 Å². The first-order valence-electron chi connectivity index (χ1n) is 12.4. The fourth-order valence-corrected chi connectivity index (χ4v) is 7.25. The maximum absolute atomic E-state index is 14.2. The van der Waals surface area contributed by atoms with E-state index in [0.29, 0.717) is 25.1 Å². The van der Waals surface area contributed by atoms with E-state index in [2.05, 4.69) is 16.7 Å². The van der Waals surface area contributed by atoms with Crippen LogP contribution in [-0.2, 0) is 14.3 Å². The summed E-state index contributed by atoms with van der Waals surface area (Å²) in [5, 5.41) is 12.1. The Kier molecular flexibility index (Phi) is 5.73. The van der Waals surface area contributed by atoms with Gasteiger partial charge in [-0.1, -0.05) is 19.1 Å². The molecule has 1 N–H and O–H groups in total. The summed E-state index contributed by atoms with van der Waals surface area (Å²) in [5.41, 5.74) is -1.28. The molecule has 5 rings (SSSR count). The van der Waals surface area contributed by atoms with E-state index in [0.717, 1.165) is 45.4 Å². The van der Waals surface area contributed by atoms with Crippen molar-refractivity contribution >= 4 is 11.7 Å². The molecule has 4 fully saturated rings. The van der Waals surface area contributed by atoms with Gasteiger partial charge in [-0.15, -0.1) is 0 Å². The fourth-order valence-electron chi connectivity index (χ4n) is 7.25. The minimum atomic E-state index is -0.982. The summed E-state index contributed by atoms with van der Waals surface area (Å²) in [6, 6.07) is 6.89. The summed E-state index contributed by atoms with van der Waals surface area (Å²) in [5.74, 6) is -0.578. The molecular weight excluding hydrogens is 423 g/mol. The standard InChI is InChI=1S/C26H37FN2O4/c1-24-9-6-10-25(2,32-3)26(24,31)15-18-19(23(30)33-22(18)16-24)17-28-11-13-29(14-12-28)21-8-5-4-7-20(21)27/h4-5,7-8,18-19,22,31H,6,9-17H2,1-3H3. The Morgan fingerprint density at radius 3 is 2.58 bits per heavy atom. The predicted octanol–water partition coefficient (Wildman–Crippen LogP) is 3.23. The van der Waals surface area contributed by atoms with E-state index in [4.69, 9.17) is 9.47 Å². The van der Waals surface area contributed by atoms with Gasteiger partial charge in [-0.2, -0.15) is 0 Å². The number of carbonyl (C=O) groups excluding carboxylic acids is 1. The zero-order valence-electron chi connectivity index (χ0n) is 20.1. The average molecular weight is 461 g/mol. The number of aliphatic hydroxyl groups is 1. The fraction of sp³-hybridized carbons (Fsp3) is 0.731. The van der Waals surface area contributed by atoms with Crippen LogP contribution in [0.25, 0.3) is 0 Å². The van der Waals surface area contributed by atoms with Crippen molar-refractivity contribution in [3.8, 4) is 0 Å². The molecule has 2 heterocycles. The van der Waals surface area contributed by atoms with Crippen molar-refractivity contribution in [1.29, 1.82) is 0 Å². The van der Waals surface area contributed by atoms with Crippen LogP contribution < -0.4 is 4.90 Å². The number of anilines is 1. The van der Waals surface area contributed by atoms with Crippen LogP contribution >= 0.6 is 0 Å². The van der Waals surface area contributed by atoms with Gasteiger partial charge in [-0.05, 0) is 51.2 Å². The molecule has 1 aromatic carbocycles. The second kappa shape index (κ2) is 8.21. The number of hydrogen-bond acceptors (Lipinski definition) is 6. The van der Waals surface area contributed by atoms with Crippen molar-refractivity contribution in [2.75, 3.05) is 44.7 Å². The summed E-state index contributed by atoms with van der Waals surface area (Å²) >= 11 is 0. The summed E-state index contributed by atoms with van der Waals surface area (Å²) in [6.45, 7) is 7.78. The highest BCUT2D eigenvalue weighted by Crippen LogP contribution is 2.61. The zero-order chi connectivity index (χ0) is 23.4. The third kappa shape index (κ3) is 3.58. The quantitative estimate of drug-likeness (QED) is 0.697. The van der Waals surface area contributed by atoms with Crippen molar-refractivity contribution < 1.29 is 23.8 Å². The van der Waals surface area contributed by atoms with Gasteiger partial charge in [0.25, 0.3) is 0 Å². The van der Waals surface area contributed by atoms with E-state index in [-0.39, 0.29) is 35.1 Å². The van der Waals surface area contributed by atoms with Gasteiger partial charge in [0.2, 0.25) is 0 Å². The molecule has 2 aliphatic carbocycles. The van der Waals surface area contributed by atoms with Gasteiger partial charge >= 0.3 is 5.97 Å². The largest absolute Gasteiger partial charge is 0.462 e. The van der Waals surface area contributed by atoms with E-state index >= 15 is 0 Å². The molecule has 0 aromatic heterocycles. The SMILES string of the molecule is COC1(C)CCCC2(C)CC3OC(=O)C(CN4CCN(c5ccccc5F)CC4)C3CC21O. The number of fused-ring (bicyclic) bond motifs is 2. The molecule has 1 aromatic rings. The lowest BCUT2D eigenvalue weighted by atomic mass is 9.49. The molecule has 0 radical (unpaired) electrons. The Morgan fingerprint density at radius 1 is 1.15 bits per heavy atom. The number of esters is 1. The minimum Gasteiger partial charge on any atom is -0.462 e. The monoisotopic (exact) mass is 460 g/mol. The molecule has 0 spiro atoms. The smallest absolute Gasteiger partial charge is 0.310 e. The molecule has 6 unspecified atom stereocenters. The molecule has 182 valence electrons. The summed E-state index contributed by atoms with van der Waals surface area (Å²) in [7, 11) is 1.69. The van der Waals surface area contributed by atoms with Crippen LogP contribution in [0, 0.1) is 23.1 Å². The van der Waals surface area contributed by atoms with E-state index in [1.165, 1.54) is 6.07 Å². The van der Waals surface area contributed by atoms with Crippen LogP contribution in [0.15, 0.2) is 24.3 Å². The Morgan fingerprint density at radius 2 is 1.88 bits per heavy atom. The molecule has 7 heteroatoms. The number of piperazine rings is 1. The average Bonchev–Trinajstić information content (AvgIpc) is 3.07. The van der Waals surface area contributed by atoms with Gasteiger partial charge in [0.15, 0.2) is 0 Å². The molecule has 6 nitrogen and oxygen atoms in total. The first kappa shape index (κ1) is 23.1. The van der Waals surface area contributed by atoms with Crippen LogP contribution in [0.1, 0.15) is 46.0 Å². The van der Waals surface area contributed by atoms with Crippen LogP contribution in [0.2, 0.25) is 0 Å². The van der Waals surface area contributed by atoms with Gasteiger partial charge in [0.05, 0.1) is 22.8 Å². The number of para-hydroxylation sites is 1. The summed E-state index contributed by atoms with van der Waals surface area (Å²) in [6.07, 6.45) is 3.84. The first-order valence-corrected chi connectivity index (χ1v) is 12.4. The summed E-state index contributed by atoms with van der Waals surface area (Å²) in [4.78, 5) is 17.3. The number of hydrogen-bond donors (Lipinski definition) is 1. The molecular formula is C26H37FN2O4. The van der Waals surface area contributed by atoms with Crippen LogP contribution in [0.5, 0.6) is 0 Å². The highest BCUT2D eigenvalue weighted by Gasteiger charge is 2.67. The molecule has 4 aliphatic rings. The number of carbonyl (C=O) groups is 1. The molecule has 2 saturated heterocycles. The lowest BCUT2D eigenvalue weighted by Crippen LogP contribution is -2.69. The number of rotatable bonds is 4. The van der Waals surface area contributed by atoms with Gasteiger partial charge < -0.3 is 19.5 Å². The highest BCUT2D eigenvalue weighted by atomic mass is 19.1. The number of methoxy groups -OCH3 is 1. The predicted molar refractivity (Wildman–Crippen MR) is 123 cm³/mol. The second-order valence-corrected chi connectivity index (χ2v) is 11.1. The molecule has 0 amide bonds. The number of benzene rings is 1. The molecule has 2 saturated carbocycles. The second-order valence-electron chi connectivity index (χ2n) is 11.1. The van der Waals surface area contributed by atoms with Gasteiger partial charge in [-0.25, -0.2) is 4.39 Å². The van der Waals surface area contributed by atoms with E-state index < -0.39 is 11.2 Å². The maximum Gasteiger partial charge on any atom is 0.310 e. The Hall–Kier alpha value is -1.70. The number of ether oxygens (including phenoxy) is 2. The Bertz CT molecular complexity index is 906. The molecule has 0 bridgehead atoms. The van der Waals surface area contributed by atoms with Gasteiger partial charge in [-0.3, -0.25) is 9.69 Å². The molecule has 33 heavy (non-hydrogen) atoms. The topological polar surface area (TPSA) is 62.2 Å². The van der Waals surface area contributed by atoms with Gasteiger partial charge in [0.1, 0.15) is 11.9 Å². The van der Waals surface area contributed by atoms with E-state index in [9.17, 15) is 14.3 Å². The highest BCUT2D eigenvalue weighted by molar-refractivity contribution is 5.75. The normalized spacial score (nSPS) is 41.4. The zero-order valence-corrected chi connectivity index (χ0v) is 20.1. The lowest BCUT2D eigenvalue weighted by molar-refractivity contribution is -0.270.